The Kier molecular flexibility index (Phi) is 4.81. The number of aliphatic hydroxyl groups excluding tert-OH is 1. The molecule has 0 saturated carbocycles. The molecule has 0 spiro atoms. The molecule has 6 nitrogen and oxygen atoms in total. The lowest BCUT2D eigenvalue weighted by Gasteiger charge is -2.26. The third-order valence-corrected chi connectivity index (χ3v) is 3.59. The lowest BCUT2D eigenvalue weighted by atomic mass is 10.1. The van der Waals surface area contributed by atoms with Crippen LogP contribution in [-0.2, 0) is 4.74 Å². The number of nitrogens with zero attached hydrogens (tertiary/aromatic N) is 1. The Hall–Kier alpha value is -1.95. The zero-order chi connectivity index (χ0) is 16.3. The van der Waals surface area contributed by atoms with E-state index in [1.165, 1.54) is 0 Å². The molecule has 0 aliphatic carbocycles. The van der Waals surface area contributed by atoms with E-state index >= 15 is 0 Å². The van der Waals surface area contributed by atoms with Crippen molar-refractivity contribution >= 4 is 17.5 Å². The highest BCUT2D eigenvalue weighted by Gasteiger charge is 2.34. The van der Waals surface area contributed by atoms with Gasteiger partial charge < -0.3 is 25.8 Å². The van der Waals surface area contributed by atoms with Crippen molar-refractivity contribution in [3.05, 3.63) is 24.3 Å². The molecule has 122 valence electrons. The summed E-state index contributed by atoms with van der Waals surface area (Å²) in [5.41, 5.74) is 7.04. The van der Waals surface area contributed by atoms with Crippen LogP contribution in [0.4, 0.5) is 16.2 Å². The highest BCUT2D eigenvalue weighted by Crippen LogP contribution is 2.30. The molecule has 1 aromatic carbocycles. The van der Waals surface area contributed by atoms with Crippen molar-refractivity contribution in [2.45, 2.75) is 44.9 Å². The van der Waals surface area contributed by atoms with Gasteiger partial charge in [0.2, 0.25) is 0 Å². The molecule has 1 fully saturated rings. The lowest BCUT2D eigenvalue weighted by Crippen LogP contribution is -2.40. The summed E-state index contributed by atoms with van der Waals surface area (Å²) in [6.07, 6.45) is 0.224. The van der Waals surface area contributed by atoms with Crippen LogP contribution in [0, 0.1) is 0 Å². The van der Waals surface area contributed by atoms with Crippen LogP contribution in [0.25, 0.3) is 0 Å². The van der Waals surface area contributed by atoms with Crippen molar-refractivity contribution in [3.8, 4) is 0 Å². The third-order valence-electron chi connectivity index (χ3n) is 3.59. The molecular formula is C16H25N3O3. The predicted molar refractivity (Wildman–Crippen MR) is 86.8 cm³/mol. The summed E-state index contributed by atoms with van der Waals surface area (Å²) in [5.74, 6) is 0. The fraction of sp³-hybridized carbons (Fsp3) is 0.562. The average molecular weight is 307 g/mol. The van der Waals surface area contributed by atoms with Gasteiger partial charge in [-0.05, 0) is 39.3 Å². The van der Waals surface area contributed by atoms with Gasteiger partial charge in [0.05, 0.1) is 30.1 Å². The number of carbonyl (C=O) groups is 1. The summed E-state index contributed by atoms with van der Waals surface area (Å²) in [6.45, 7) is 6.09. The van der Waals surface area contributed by atoms with E-state index in [1.54, 1.807) is 0 Å². The summed E-state index contributed by atoms with van der Waals surface area (Å²) in [7, 11) is 0. The molecule has 1 aliphatic heterocycles. The molecule has 22 heavy (non-hydrogen) atoms. The van der Waals surface area contributed by atoms with Crippen LogP contribution in [0.1, 0.15) is 27.2 Å². The maximum atomic E-state index is 11.9. The fourth-order valence-electron chi connectivity index (χ4n) is 2.71. The molecule has 0 radical (unpaired) electrons. The molecule has 1 saturated heterocycles. The number of ether oxygens (including phenoxy) is 1. The molecule has 2 atom stereocenters. The first-order valence-electron chi connectivity index (χ1n) is 7.51. The van der Waals surface area contributed by atoms with Gasteiger partial charge in [0, 0.05) is 6.54 Å². The van der Waals surface area contributed by atoms with E-state index in [2.05, 4.69) is 5.32 Å². The van der Waals surface area contributed by atoms with Crippen molar-refractivity contribution in [3.63, 3.8) is 0 Å². The quantitative estimate of drug-likeness (QED) is 0.740. The van der Waals surface area contributed by atoms with Crippen LogP contribution < -0.4 is 16.0 Å². The number of benzene rings is 1. The molecule has 1 heterocycles. The van der Waals surface area contributed by atoms with Crippen LogP contribution in [0.2, 0.25) is 0 Å². The zero-order valence-electron chi connectivity index (χ0n) is 13.4. The second-order valence-electron chi connectivity index (χ2n) is 6.63. The Morgan fingerprint density at radius 2 is 2.14 bits per heavy atom. The summed E-state index contributed by atoms with van der Waals surface area (Å²) in [4.78, 5) is 13.9. The van der Waals surface area contributed by atoms with Crippen molar-refractivity contribution in [1.82, 2.24) is 5.32 Å². The normalized spacial score (nSPS) is 21.7. The predicted octanol–water partition coefficient (Wildman–Crippen LogP) is 1.73. The van der Waals surface area contributed by atoms with Gasteiger partial charge in [-0.3, -0.25) is 0 Å². The molecule has 0 unspecified atom stereocenters. The van der Waals surface area contributed by atoms with E-state index in [9.17, 15) is 9.90 Å². The third kappa shape index (κ3) is 4.04. The van der Waals surface area contributed by atoms with Crippen LogP contribution in [0.5, 0.6) is 0 Å². The number of hydrogen-bond acceptors (Lipinski definition) is 5. The SMILES string of the molecule is CC(C)(C)OC(=O)N[C@H]1C[C@@H](CO)N(c2ccccc2N)C1. The number of aliphatic hydroxyl groups is 1. The number of amides is 1. The molecule has 1 aromatic rings. The highest BCUT2D eigenvalue weighted by molar-refractivity contribution is 5.70. The Labute approximate surface area is 131 Å². The van der Waals surface area contributed by atoms with Crippen LogP contribution in [0.3, 0.4) is 0 Å². The Morgan fingerprint density at radius 3 is 2.73 bits per heavy atom. The van der Waals surface area contributed by atoms with Crippen molar-refractivity contribution in [2.75, 3.05) is 23.8 Å². The number of rotatable bonds is 3. The van der Waals surface area contributed by atoms with Gasteiger partial charge in [-0.1, -0.05) is 12.1 Å². The minimum atomic E-state index is -0.525. The zero-order valence-corrected chi connectivity index (χ0v) is 13.4. The molecular weight excluding hydrogens is 282 g/mol. The Balaban J connectivity index is 2.04. The number of nitrogens with one attached hydrogen (secondary N) is 1. The largest absolute Gasteiger partial charge is 0.444 e. The number of nitrogen functional groups attached to an aromatic ring is 1. The maximum absolute atomic E-state index is 11.9. The Morgan fingerprint density at radius 1 is 1.45 bits per heavy atom. The lowest BCUT2D eigenvalue weighted by molar-refractivity contribution is 0.0507. The standard InChI is InChI=1S/C16H25N3O3/c1-16(2,3)22-15(21)18-11-8-12(10-20)19(9-11)14-7-5-4-6-13(14)17/h4-7,11-12,20H,8-10,17H2,1-3H3,(H,18,21)/t11-,12-/m0/s1. The highest BCUT2D eigenvalue weighted by atomic mass is 16.6. The van der Waals surface area contributed by atoms with Crippen LogP contribution in [0.15, 0.2) is 24.3 Å². The number of alkyl carbamates (subject to hydrolysis) is 1. The van der Waals surface area contributed by atoms with Gasteiger partial charge in [0.15, 0.2) is 0 Å². The second-order valence-corrected chi connectivity index (χ2v) is 6.63. The molecule has 6 heteroatoms. The smallest absolute Gasteiger partial charge is 0.407 e. The Bertz CT molecular complexity index is 528. The fourth-order valence-corrected chi connectivity index (χ4v) is 2.71. The summed E-state index contributed by atoms with van der Waals surface area (Å²) in [6, 6.07) is 7.40. The second kappa shape index (κ2) is 6.44. The minimum Gasteiger partial charge on any atom is -0.444 e. The number of nitrogens with two attached hydrogens (primary N) is 1. The first-order chi connectivity index (χ1) is 10.3. The minimum absolute atomic E-state index is 0.0147. The van der Waals surface area contributed by atoms with Crippen molar-refractivity contribution < 1.29 is 14.6 Å². The van der Waals surface area contributed by atoms with E-state index in [4.69, 9.17) is 10.5 Å². The van der Waals surface area contributed by atoms with Gasteiger partial charge in [-0.2, -0.15) is 0 Å². The summed E-state index contributed by atoms with van der Waals surface area (Å²) >= 11 is 0. The maximum Gasteiger partial charge on any atom is 0.407 e. The number of hydrogen-bond donors (Lipinski definition) is 3. The molecule has 0 aromatic heterocycles. The van der Waals surface area contributed by atoms with E-state index in [0.717, 1.165) is 5.69 Å². The van der Waals surface area contributed by atoms with Gasteiger partial charge >= 0.3 is 6.09 Å². The number of carbonyl (C=O) groups excluding carboxylic acids is 1. The van der Waals surface area contributed by atoms with Crippen LogP contribution >= 0.6 is 0 Å². The summed E-state index contributed by atoms with van der Waals surface area (Å²) in [5, 5.41) is 12.5. The summed E-state index contributed by atoms with van der Waals surface area (Å²) < 4.78 is 5.28. The van der Waals surface area contributed by atoms with E-state index < -0.39 is 11.7 Å². The van der Waals surface area contributed by atoms with E-state index in [0.29, 0.717) is 18.7 Å². The van der Waals surface area contributed by atoms with Gasteiger partial charge in [-0.25, -0.2) is 4.79 Å². The molecule has 1 amide bonds. The monoisotopic (exact) mass is 307 g/mol. The first-order valence-corrected chi connectivity index (χ1v) is 7.51. The number of anilines is 2. The van der Waals surface area contributed by atoms with E-state index in [1.807, 2.05) is 49.9 Å². The first kappa shape index (κ1) is 16.4. The van der Waals surface area contributed by atoms with Crippen molar-refractivity contribution in [2.24, 2.45) is 0 Å². The molecule has 0 bridgehead atoms. The van der Waals surface area contributed by atoms with Crippen LogP contribution in [-0.4, -0.2) is 42.0 Å². The van der Waals surface area contributed by atoms with Crippen molar-refractivity contribution in [1.29, 1.82) is 0 Å². The average Bonchev–Trinajstić information content (AvgIpc) is 2.79. The number of para-hydroxylation sites is 2. The molecule has 2 rings (SSSR count). The van der Waals surface area contributed by atoms with Gasteiger partial charge in [-0.15, -0.1) is 0 Å². The van der Waals surface area contributed by atoms with E-state index in [-0.39, 0.29) is 18.7 Å². The van der Waals surface area contributed by atoms with Gasteiger partial charge in [0.25, 0.3) is 0 Å². The molecule has 4 N–H and O–H groups in total. The van der Waals surface area contributed by atoms with Gasteiger partial charge in [0.1, 0.15) is 5.60 Å². The topological polar surface area (TPSA) is 87.8 Å². The molecule has 1 aliphatic rings.